The molecule has 146 valence electrons. The Morgan fingerprint density at radius 2 is 2.00 bits per heavy atom. The Labute approximate surface area is 166 Å². The molecule has 1 unspecified atom stereocenters. The zero-order valence-corrected chi connectivity index (χ0v) is 16.9. The molecule has 0 aliphatic carbocycles. The predicted molar refractivity (Wildman–Crippen MR) is 114 cm³/mol. The number of guanidine groups is 1. The number of nitrogens with zero attached hydrogens (tertiary/aromatic N) is 2. The SMILES string of the molecule is COc1ccc(C(CN=C(N)NCCc2cccs2)N2CCCCC2)cc1. The second-order valence-corrected chi connectivity index (χ2v) is 7.90. The largest absolute Gasteiger partial charge is 0.497 e. The molecule has 1 aromatic heterocycles. The van der Waals surface area contributed by atoms with Gasteiger partial charge in [-0.05, 0) is 61.5 Å². The highest BCUT2D eigenvalue weighted by atomic mass is 32.1. The molecule has 2 aromatic rings. The summed E-state index contributed by atoms with van der Waals surface area (Å²) in [6, 6.07) is 12.8. The van der Waals surface area contributed by atoms with Gasteiger partial charge in [0.1, 0.15) is 5.75 Å². The van der Waals surface area contributed by atoms with Crippen LogP contribution >= 0.6 is 11.3 Å². The van der Waals surface area contributed by atoms with Gasteiger partial charge in [0.2, 0.25) is 0 Å². The van der Waals surface area contributed by atoms with Crippen molar-refractivity contribution >= 4 is 17.3 Å². The Morgan fingerprint density at radius 1 is 1.22 bits per heavy atom. The van der Waals surface area contributed by atoms with Crippen LogP contribution < -0.4 is 15.8 Å². The highest BCUT2D eigenvalue weighted by Crippen LogP contribution is 2.26. The average molecular weight is 387 g/mol. The minimum atomic E-state index is 0.258. The zero-order valence-electron chi connectivity index (χ0n) is 16.1. The number of hydrogen-bond acceptors (Lipinski definition) is 4. The van der Waals surface area contributed by atoms with E-state index in [2.05, 4.69) is 44.9 Å². The summed E-state index contributed by atoms with van der Waals surface area (Å²) in [7, 11) is 1.70. The van der Waals surface area contributed by atoms with Crippen LogP contribution in [-0.2, 0) is 6.42 Å². The van der Waals surface area contributed by atoms with Gasteiger partial charge in [0.15, 0.2) is 5.96 Å². The lowest BCUT2D eigenvalue weighted by molar-refractivity contribution is 0.168. The quantitative estimate of drug-likeness (QED) is 0.539. The molecule has 1 saturated heterocycles. The van der Waals surface area contributed by atoms with Gasteiger partial charge in [-0.2, -0.15) is 0 Å². The van der Waals surface area contributed by atoms with Gasteiger partial charge in [-0.3, -0.25) is 9.89 Å². The molecular formula is C21H30N4OS. The Morgan fingerprint density at radius 3 is 2.67 bits per heavy atom. The first kappa shape index (κ1) is 19.7. The summed E-state index contributed by atoms with van der Waals surface area (Å²) >= 11 is 1.77. The van der Waals surface area contributed by atoms with Gasteiger partial charge in [0, 0.05) is 11.4 Å². The zero-order chi connectivity index (χ0) is 18.9. The summed E-state index contributed by atoms with van der Waals surface area (Å²) in [6.07, 6.45) is 4.80. The fourth-order valence-electron chi connectivity index (χ4n) is 3.50. The Bertz CT molecular complexity index is 693. The van der Waals surface area contributed by atoms with Crippen molar-refractivity contribution in [1.82, 2.24) is 10.2 Å². The predicted octanol–water partition coefficient (Wildman–Crippen LogP) is 3.43. The smallest absolute Gasteiger partial charge is 0.188 e. The van der Waals surface area contributed by atoms with Gasteiger partial charge in [0.05, 0.1) is 19.7 Å². The van der Waals surface area contributed by atoms with E-state index in [1.54, 1.807) is 18.4 Å². The molecule has 6 heteroatoms. The lowest BCUT2D eigenvalue weighted by atomic mass is 10.0. The number of ether oxygens (including phenoxy) is 1. The molecule has 3 rings (SSSR count). The molecular weight excluding hydrogens is 356 g/mol. The van der Waals surface area contributed by atoms with Crippen LogP contribution in [0.2, 0.25) is 0 Å². The Kier molecular flexibility index (Phi) is 7.54. The molecule has 5 nitrogen and oxygen atoms in total. The minimum absolute atomic E-state index is 0.258. The van der Waals surface area contributed by atoms with Gasteiger partial charge in [-0.15, -0.1) is 11.3 Å². The van der Waals surface area contributed by atoms with E-state index in [0.717, 1.165) is 31.8 Å². The van der Waals surface area contributed by atoms with Crippen LogP contribution in [-0.4, -0.2) is 44.1 Å². The molecule has 1 aromatic carbocycles. The third kappa shape index (κ3) is 5.97. The lowest BCUT2D eigenvalue weighted by Gasteiger charge is -2.34. The second-order valence-electron chi connectivity index (χ2n) is 6.87. The number of likely N-dealkylation sites (tertiary alicyclic amines) is 1. The van der Waals surface area contributed by atoms with Crippen molar-refractivity contribution in [1.29, 1.82) is 0 Å². The molecule has 1 aliphatic rings. The van der Waals surface area contributed by atoms with Gasteiger partial charge < -0.3 is 15.8 Å². The summed E-state index contributed by atoms with van der Waals surface area (Å²) in [5, 5.41) is 5.35. The Hall–Kier alpha value is -2.05. The van der Waals surface area contributed by atoms with Crippen LogP contribution in [0.15, 0.2) is 46.8 Å². The van der Waals surface area contributed by atoms with Crippen molar-refractivity contribution < 1.29 is 4.74 Å². The van der Waals surface area contributed by atoms with Gasteiger partial charge in [0.25, 0.3) is 0 Å². The van der Waals surface area contributed by atoms with Crippen LogP contribution in [0.1, 0.15) is 35.7 Å². The van der Waals surface area contributed by atoms with Gasteiger partial charge in [-0.25, -0.2) is 0 Å². The first-order valence-electron chi connectivity index (χ1n) is 9.70. The van der Waals surface area contributed by atoms with E-state index in [9.17, 15) is 0 Å². The van der Waals surface area contributed by atoms with Crippen molar-refractivity contribution in [2.75, 3.05) is 33.3 Å². The van der Waals surface area contributed by atoms with Crippen molar-refractivity contribution in [3.05, 3.63) is 52.2 Å². The lowest BCUT2D eigenvalue weighted by Crippen LogP contribution is -2.37. The number of nitrogens with one attached hydrogen (secondary N) is 1. The molecule has 0 spiro atoms. The fourth-order valence-corrected chi connectivity index (χ4v) is 4.21. The summed E-state index contributed by atoms with van der Waals surface area (Å²) in [5.74, 6) is 1.41. The van der Waals surface area contributed by atoms with Crippen molar-refractivity contribution in [3.63, 3.8) is 0 Å². The number of nitrogens with two attached hydrogens (primary N) is 1. The van der Waals surface area contributed by atoms with E-state index < -0.39 is 0 Å². The number of aliphatic imine (C=N–C) groups is 1. The monoisotopic (exact) mass is 386 g/mol. The van der Waals surface area contributed by atoms with Crippen LogP contribution in [0.3, 0.4) is 0 Å². The third-order valence-electron chi connectivity index (χ3n) is 5.02. The molecule has 3 N–H and O–H groups in total. The van der Waals surface area contributed by atoms with Crippen LogP contribution in [0.5, 0.6) is 5.75 Å². The molecule has 27 heavy (non-hydrogen) atoms. The van der Waals surface area contributed by atoms with Crippen LogP contribution in [0.25, 0.3) is 0 Å². The number of methoxy groups -OCH3 is 1. The number of rotatable bonds is 8. The molecule has 1 aliphatic heterocycles. The van der Waals surface area contributed by atoms with Crippen molar-refractivity contribution in [2.24, 2.45) is 10.7 Å². The molecule has 0 radical (unpaired) electrons. The van der Waals surface area contributed by atoms with E-state index >= 15 is 0 Å². The first-order valence-corrected chi connectivity index (χ1v) is 10.6. The Balaban J connectivity index is 1.60. The number of hydrogen-bond donors (Lipinski definition) is 2. The maximum atomic E-state index is 6.12. The molecule has 0 bridgehead atoms. The van der Waals surface area contributed by atoms with E-state index in [1.165, 1.54) is 29.7 Å². The maximum Gasteiger partial charge on any atom is 0.188 e. The highest BCUT2D eigenvalue weighted by molar-refractivity contribution is 7.09. The normalized spacial score (nSPS) is 16.9. The number of benzene rings is 1. The third-order valence-corrected chi connectivity index (χ3v) is 5.96. The minimum Gasteiger partial charge on any atom is -0.497 e. The topological polar surface area (TPSA) is 62.9 Å². The summed E-state index contributed by atoms with van der Waals surface area (Å²) in [6.45, 7) is 3.73. The average Bonchev–Trinajstić information content (AvgIpc) is 3.23. The standard InChI is InChI=1S/C21H30N4OS/c1-26-18-9-7-17(8-10-18)20(25-13-3-2-4-14-25)16-24-21(22)23-12-11-19-6-5-15-27-19/h5-10,15,20H,2-4,11-14,16H2,1H3,(H3,22,23,24). The summed E-state index contributed by atoms with van der Waals surface area (Å²) < 4.78 is 5.30. The van der Waals surface area contributed by atoms with Crippen LogP contribution in [0.4, 0.5) is 0 Å². The summed E-state index contributed by atoms with van der Waals surface area (Å²) in [5.41, 5.74) is 7.39. The van der Waals surface area contributed by atoms with E-state index in [0.29, 0.717) is 12.5 Å². The molecule has 2 heterocycles. The van der Waals surface area contributed by atoms with Gasteiger partial charge in [-0.1, -0.05) is 24.6 Å². The van der Waals surface area contributed by atoms with Crippen molar-refractivity contribution in [2.45, 2.75) is 31.7 Å². The fraction of sp³-hybridized carbons (Fsp3) is 0.476. The maximum absolute atomic E-state index is 6.12. The summed E-state index contributed by atoms with van der Waals surface area (Å²) in [4.78, 5) is 8.55. The second kappa shape index (κ2) is 10.3. The van der Waals surface area contributed by atoms with E-state index in [1.807, 2.05) is 12.1 Å². The van der Waals surface area contributed by atoms with Gasteiger partial charge >= 0.3 is 0 Å². The van der Waals surface area contributed by atoms with E-state index in [-0.39, 0.29) is 6.04 Å². The first-order chi connectivity index (χ1) is 13.3. The van der Waals surface area contributed by atoms with E-state index in [4.69, 9.17) is 10.5 Å². The molecule has 0 saturated carbocycles. The molecule has 1 atom stereocenters. The highest BCUT2D eigenvalue weighted by Gasteiger charge is 2.22. The molecule has 1 fully saturated rings. The van der Waals surface area contributed by atoms with Crippen LogP contribution in [0, 0.1) is 0 Å². The molecule has 0 amide bonds. The number of piperidine rings is 1. The van der Waals surface area contributed by atoms with Crippen molar-refractivity contribution in [3.8, 4) is 5.75 Å². The number of thiophene rings is 1.